The third-order valence-corrected chi connectivity index (χ3v) is 4.85. The summed E-state index contributed by atoms with van der Waals surface area (Å²) in [7, 11) is 0. The molecule has 2 aliphatic rings. The molecule has 1 aromatic rings. The lowest BCUT2D eigenvalue weighted by Gasteiger charge is -2.35. The van der Waals surface area contributed by atoms with Gasteiger partial charge in [0.05, 0.1) is 6.61 Å². The topological polar surface area (TPSA) is 24.5 Å². The quantitative estimate of drug-likeness (QED) is 0.922. The molecule has 0 spiro atoms. The van der Waals surface area contributed by atoms with E-state index < -0.39 is 0 Å². The second kappa shape index (κ2) is 6.80. The summed E-state index contributed by atoms with van der Waals surface area (Å²) in [5, 5.41) is 3.43. The maximum atomic E-state index is 6.22. The number of likely N-dealkylation sites (tertiary alicyclic amines) is 1. The molecule has 1 aromatic carbocycles. The van der Waals surface area contributed by atoms with E-state index >= 15 is 0 Å². The number of hydrogen-bond acceptors (Lipinski definition) is 3. The Balaban J connectivity index is 1.60. The van der Waals surface area contributed by atoms with Gasteiger partial charge in [0.25, 0.3) is 0 Å². The van der Waals surface area contributed by atoms with Gasteiger partial charge in [0.15, 0.2) is 0 Å². The van der Waals surface area contributed by atoms with Gasteiger partial charge in [-0.25, -0.2) is 0 Å². The lowest BCUT2D eigenvalue weighted by Crippen LogP contribution is -2.41. The normalized spacial score (nSPS) is 23.1. The van der Waals surface area contributed by atoms with Crippen molar-refractivity contribution in [2.75, 3.05) is 26.2 Å². The zero-order valence-corrected chi connectivity index (χ0v) is 13.4. The summed E-state index contributed by atoms with van der Waals surface area (Å²) in [5.74, 6) is 1.80. The fraction of sp³-hybridized carbons (Fsp3) is 0.667. The van der Waals surface area contributed by atoms with Gasteiger partial charge >= 0.3 is 0 Å². The van der Waals surface area contributed by atoms with Crippen LogP contribution in [0.15, 0.2) is 18.2 Å². The van der Waals surface area contributed by atoms with Gasteiger partial charge in [-0.3, -0.25) is 0 Å². The fourth-order valence-electron chi connectivity index (χ4n) is 3.54. The molecule has 1 N–H and O–H groups in total. The third-order valence-electron chi connectivity index (χ3n) is 4.85. The molecule has 1 unspecified atom stereocenters. The molecule has 1 fully saturated rings. The summed E-state index contributed by atoms with van der Waals surface area (Å²) in [6.45, 7) is 9.95. The molecule has 2 aliphatic heterocycles. The number of rotatable bonds is 4. The number of nitrogens with one attached hydrogen (secondary N) is 1. The highest BCUT2D eigenvalue weighted by atomic mass is 16.5. The van der Waals surface area contributed by atoms with Crippen LogP contribution in [0.2, 0.25) is 0 Å². The molecule has 1 saturated heterocycles. The first-order valence-corrected chi connectivity index (χ1v) is 8.42. The molecule has 21 heavy (non-hydrogen) atoms. The number of benzene rings is 1. The summed E-state index contributed by atoms with van der Waals surface area (Å²) < 4.78 is 6.22. The van der Waals surface area contributed by atoms with Gasteiger partial charge in [-0.15, -0.1) is 0 Å². The van der Waals surface area contributed by atoms with Gasteiger partial charge in [0, 0.05) is 25.0 Å². The van der Waals surface area contributed by atoms with E-state index in [1.165, 1.54) is 37.1 Å². The second-order valence-corrected chi connectivity index (χ2v) is 6.73. The lowest BCUT2D eigenvalue weighted by molar-refractivity contribution is 0.106. The average Bonchev–Trinajstić information content (AvgIpc) is 2.53. The van der Waals surface area contributed by atoms with Crippen molar-refractivity contribution < 1.29 is 4.74 Å². The van der Waals surface area contributed by atoms with Gasteiger partial charge in [0.2, 0.25) is 0 Å². The Kier molecular flexibility index (Phi) is 4.81. The maximum Gasteiger partial charge on any atom is 0.122 e. The van der Waals surface area contributed by atoms with Crippen molar-refractivity contribution in [1.29, 1.82) is 0 Å². The van der Waals surface area contributed by atoms with Gasteiger partial charge in [0.1, 0.15) is 5.75 Å². The van der Waals surface area contributed by atoms with Gasteiger partial charge < -0.3 is 15.0 Å². The standard InChI is InChI=1S/C18H28N2O/c1-14(2)20-10-4-5-15(12-20)13-21-18-7-3-6-16-11-19-9-8-17(16)18/h3,6-7,14-15,19H,4-5,8-13H2,1-2H3. The molecule has 0 aromatic heterocycles. The number of nitrogens with zero attached hydrogens (tertiary/aromatic N) is 1. The van der Waals surface area contributed by atoms with Crippen molar-refractivity contribution in [3.05, 3.63) is 29.3 Å². The van der Waals surface area contributed by atoms with Crippen LogP contribution in [-0.2, 0) is 13.0 Å². The van der Waals surface area contributed by atoms with E-state index in [4.69, 9.17) is 4.74 Å². The summed E-state index contributed by atoms with van der Waals surface area (Å²) in [5.41, 5.74) is 2.83. The van der Waals surface area contributed by atoms with E-state index in [0.29, 0.717) is 12.0 Å². The van der Waals surface area contributed by atoms with Gasteiger partial charge in [-0.2, -0.15) is 0 Å². The van der Waals surface area contributed by atoms with E-state index in [1.807, 2.05) is 0 Å². The highest BCUT2D eigenvalue weighted by Crippen LogP contribution is 2.27. The van der Waals surface area contributed by atoms with Crippen LogP contribution in [0, 0.1) is 5.92 Å². The maximum absolute atomic E-state index is 6.22. The van der Waals surface area contributed by atoms with Crippen LogP contribution in [0.3, 0.4) is 0 Å². The van der Waals surface area contributed by atoms with Gasteiger partial charge in [-0.05, 0) is 63.4 Å². The summed E-state index contributed by atoms with van der Waals surface area (Å²) in [6, 6.07) is 7.15. The summed E-state index contributed by atoms with van der Waals surface area (Å²) in [6.07, 6.45) is 3.71. The zero-order valence-electron chi connectivity index (χ0n) is 13.4. The largest absolute Gasteiger partial charge is 0.493 e. The smallest absolute Gasteiger partial charge is 0.122 e. The van der Waals surface area contributed by atoms with E-state index in [2.05, 4.69) is 42.3 Å². The SMILES string of the molecule is CC(C)N1CCCC(COc2cccc3c2CCNC3)C1. The molecule has 116 valence electrons. The Labute approximate surface area is 128 Å². The van der Waals surface area contributed by atoms with Crippen LogP contribution in [0.25, 0.3) is 0 Å². The highest BCUT2D eigenvalue weighted by Gasteiger charge is 2.22. The fourth-order valence-corrected chi connectivity index (χ4v) is 3.54. The summed E-state index contributed by atoms with van der Waals surface area (Å²) >= 11 is 0. The average molecular weight is 288 g/mol. The number of piperidine rings is 1. The van der Waals surface area contributed by atoms with Crippen LogP contribution in [0.1, 0.15) is 37.8 Å². The highest BCUT2D eigenvalue weighted by molar-refractivity contribution is 5.41. The second-order valence-electron chi connectivity index (χ2n) is 6.73. The first-order chi connectivity index (χ1) is 10.2. The number of fused-ring (bicyclic) bond motifs is 1. The molecule has 0 amide bonds. The minimum atomic E-state index is 0.656. The number of ether oxygens (including phenoxy) is 1. The van der Waals surface area contributed by atoms with Crippen LogP contribution in [-0.4, -0.2) is 37.2 Å². The molecule has 0 radical (unpaired) electrons. The monoisotopic (exact) mass is 288 g/mol. The molecule has 0 aliphatic carbocycles. The molecule has 0 bridgehead atoms. The molecule has 3 nitrogen and oxygen atoms in total. The molecule has 2 heterocycles. The van der Waals surface area contributed by atoms with E-state index in [9.17, 15) is 0 Å². The molecular formula is C18H28N2O. The van der Waals surface area contributed by atoms with Crippen molar-refractivity contribution in [1.82, 2.24) is 10.2 Å². The van der Waals surface area contributed by atoms with Crippen molar-refractivity contribution in [2.45, 2.75) is 45.7 Å². The zero-order chi connectivity index (χ0) is 14.7. The number of hydrogen-bond donors (Lipinski definition) is 1. The van der Waals surface area contributed by atoms with E-state index in [0.717, 1.165) is 31.9 Å². The predicted octanol–water partition coefficient (Wildman–Crippen LogP) is 2.83. The summed E-state index contributed by atoms with van der Waals surface area (Å²) in [4.78, 5) is 2.59. The van der Waals surface area contributed by atoms with Crippen molar-refractivity contribution in [2.24, 2.45) is 5.92 Å². The van der Waals surface area contributed by atoms with E-state index in [-0.39, 0.29) is 0 Å². The molecule has 0 saturated carbocycles. The Morgan fingerprint density at radius 1 is 1.38 bits per heavy atom. The minimum Gasteiger partial charge on any atom is -0.493 e. The van der Waals surface area contributed by atoms with Crippen molar-refractivity contribution >= 4 is 0 Å². The van der Waals surface area contributed by atoms with Crippen molar-refractivity contribution in [3.63, 3.8) is 0 Å². The van der Waals surface area contributed by atoms with Crippen LogP contribution >= 0.6 is 0 Å². The van der Waals surface area contributed by atoms with Crippen LogP contribution < -0.4 is 10.1 Å². The van der Waals surface area contributed by atoms with Crippen LogP contribution in [0.4, 0.5) is 0 Å². The first-order valence-electron chi connectivity index (χ1n) is 8.42. The minimum absolute atomic E-state index is 0.656. The first kappa shape index (κ1) is 14.9. The van der Waals surface area contributed by atoms with E-state index in [1.54, 1.807) is 0 Å². The Bertz CT molecular complexity index is 472. The van der Waals surface area contributed by atoms with Crippen molar-refractivity contribution in [3.8, 4) is 5.75 Å². The molecule has 3 rings (SSSR count). The third kappa shape index (κ3) is 3.58. The predicted molar refractivity (Wildman–Crippen MR) is 86.8 cm³/mol. The molecule has 3 heteroatoms. The Morgan fingerprint density at radius 2 is 2.29 bits per heavy atom. The van der Waals surface area contributed by atoms with Gasteiger partial charge in [-0.1, -0.05) is 12.1 Å². The lowest BCUT2D eigenvalue weighted by atomic mass is 9.97. The molecule has 1 atom stereocenters. The van der Waals surface area contributed by atoms with Crippen LogP contribution in [0.5, 0.6) is 5.75 Å². The Hall–Kier alpha value is -1.06. The molecular weight excluding hydrogens is 260 g/mol. The Morgan fingerprint density at radius 3 is 3.14 bits per heavy atom.